The fraction of sp³-hybridized carbons (Fsp3) is 0.588. The topological polar surface area (TPSA) is 27.1 Å². The van der Waals surface area contributed by atoms with E-state index >= 15 is 0 Å². The van der Waals surface area contributed by atoms with Gasteiger partial charge in [-0.3, -0.25) is 0 Å². The first-order valence-electron chi connectivity index (χ1n) is 7.95. The van der Waals surface area contributed by atoms with Gasteiger partial charge in [-0.1, -0.05) is 26.8 Å². The van der Waals surface area contributed by atoms with Crippen LogP contribution in [0.1, 0.15) is 51.9 Å². The van der Waals surface area contributed by atoms with Crippen LogP contribution in [0.4, 0.5) is 0 Å². The summed E-state index contributed by atoms with van der Waals surface area (Å²) in [4.78, 5) is 4.83. The highest BCUT2D eigenvalue weighted by molar-refractivity contribution is 6.17. The number of benzene rings is 1. The van der Waals surface area contributed by atoms with E-state index in [1.807, 2.05) is 6.07 Å². The number of fused-ring (bicyclic) bond motifs is 1. The van der Waals surface area contributed by atoms with E-state index in [-0.39, 0.29) is 0 Å². The van der Waals surface area contributed by atoms with E-state index in [4.69, 9.17) is 21.3 Å². The van der Waals surface area contributed by atoms with Gasteiger partial charge in [-0.25, -0.2) is 4.98 Å². The molecule has 1 heterocycles. The number of ether oxygens (including phenoxy) is 1. The lowest BCUT2D eigenvalue weighted by Crippen LogP contribution is -2.11. The minimum absolute atomic E-state index is 0.467. The van der Waals surface area contributed by atoms with Crippen LogP contribution in [-0.2, 0) is 6.42 Å². The number of alkyl halides is 1. The zero-order valence-electron chi connectivity index (χ0n) is 13.2. The molecule has 0 spiro atoms. The summed E-state index contributed by atoms with van der Waals surface area (Å²) < 4.78 is 8.21. The number of hydrogen-bond acceptors (Lipinski definition) is 2. The van der Waals surface area contributed by atoms with Gasteiger partial charge in [0.2, 0.25) is 0 Å². The molecule has 1 aromatic carbocycles. The molecule has 0 aliphatic heterocycles. The van der Waals surface area contributed by atoms with Crippen molar-refractivity contribution in [1.29, 1.82) is 0 Å². The third-order valence-electron chi connectivity index (χ3n) is 3.84. The van der Waals surface area contributed by atoms with Crippen LogP contribution in [0, 0.1) is 0 Å². The predicted octanol–water partition coefficient (Wildman–Crippen LogP) is 4.97. The van der Waals surface area contributed by atoms with Crippen LogP contribution in [0.25, 0.3) is 11.0 Å². The molecule has 0 bridgehead atoms. The summed E-state index contributed by atoms with van der Waals surface area (Å²) in [6.45, 7) is 7.29. The molecule has 4 heteroatoms. The van der Waals surface area contributed by atoms with E-state index in [0.29, 0.717) is 11.9 Å². The molecule has 0 aliphatic rings. The molecule has 0 radical (unpaired) electrons. The molecule has 0 amide bonds. The number of aromatic nitrogens is 2. The van der Waals surface area contributed by atoms with Crippen molar-refractivity contribution in [3.8, 4) is 5.75 Å². The maximum atomic E-state index is 5.97. The molecule has 0 N–H and O–H groups in total. The minimum Gasteiger partial charge on any atom is -0.491 e. The molecular weight excluding hydrogens is 284 g/mol. The lowest BCUT2D eigenvalue weighted by atomic mass is 10.1. The first kappa shape index (κ1) is 16.2. The van der Waals surface area contributed by atoms with Gasteiger partial charge in [0.15, 0.2) is 0 Å². The number of nitrogens with zero attached hydrogens (tertiary/aromatic N) is 2. The average Bonchev–Trinajstić information content (AvgIpc) is 2.86. The summed E-state index contributed by atoms with van der Waals surface area (Å²) in [5, 5.41) is 0. The Kier molecular flexibility index (Phi) is 5.92. The van der Waals surface area contributed by atoms with E-state index in [1.54, 1.807) is 0 Å². The van der Waals surface area contributed by atoms with Gasteiger partial charge in [0, 0.05) is 18.3 Å². The number of halogens is 1. The Morgan fingerprint density at radius 3 is 2.62 bits per heavy atom. The number of para-hydroxylation sites is 1. The molecule has 21 heavy (non-hydrogen) atoms. The molecule has 0 fully saturated rings. The zero-order valence-corrected chi connectivity index (χ0v) is 14.0. The standard InChI is InChI=1S/C17H25ClN2O/c1-4-12-21-15-9-7-8-14-17(15)19-16(10-11-18)20(14)13(5-2)6-3/h7-9,13H,4-6,10-12H2,1-3H3. The molecule has 0 atom stereocenters. The molecular formula is C17H25ClN2O. The van der Waals surface area contributed by atoms with E-state index in [9.17, 15) is 0 Å². The number of imidazole rings is 1. The SMILES string of the molecule is CCCOc1cccc2c1nc(CCCl)n2C(CC)CC. The van der Waals surface area contributed by atoms with Gasteiger partial charge in [-0.05, 0) is 31.4 Å². The second-order valence-corrected chi connectivity index (χ2v) is 5.66. The summed E-state index contributed by atoms with van der Waals surface area (Å²) >= 11 is 5.97. The van der Waals surface area contributed by atoms with Crippen LogP contribution in [0.3, 0.4) is 0 Å². The molecule has 0 saturated carbocycles. The number of hydrogen-bond donors (Lipinski definition) is 0. The van der Waals surface area contributed by atoms with Gasteiger partial charge < -0.3 is 9.30 Å². The zero-order chi connectivity index (χ0) is 15.2. The van der Waals surface area contributed by atoms with Crippen molar-refractivity contribution in [2.75, 3.05) is 12.5 Å². The van der Waals surface area contributed by atoms with Gasteiger partial charge in [-0.15, -0.1) is 11.6 Å². The van der Waals surface area contributed by atoms with Crippen molar-refractivity contribution in [1.82, 2.24) is 9.55 Å². The fourth-order valence-electron chi connectivity index (χ4n) is 2.79. The second kappa shape index (κ2) is 7.69. The van der Waals surface area contributed by atoms with Crippen LogP contribution >= 0.6 is 11.6 Å². The summed E-state index contributed by atoms with van der Waals surface area (Å²) in [5.41, 5.74) is 2.13. The van der Waals surface area contributed by atoms with Gasteiger partial charge in [0.05, 0.1) is 12.1 Å². The normalized spacial score (nSPS) is 11.5. The first-order valence-corrected chi connectivity index (χ1v) is 8.48. The van der Waals surface area contributed by atoms with E-state index < -0.39 is 0 Å². The quantitative estimate of drug-likeness (QED) is 0.644. The third kappa shape index (κ3) is 3.34. The van der Waals surface area contributed by atoms with Gasteiger partial charge in [-0.2, -0.15) is 0 Å². The summed E-state index contributed by atoms with van der Waals surface area (Å²) in [6, 6.07) is 6.66. The summed E-state index contributed by atoms with van der Waals surface area (Å²) in [6.07, 6.45) is 3.98. The Bertz CT molecular complexity index is 575. The van der Waals surface area contributed by atoms with Crippen molar-refractivity contribution in [2.45, 2.75) is 52.5 Å². The Labute approximate surface area is 132 Å². The van der Waals surface area contributed by atoms with Gasteiger partial charge in [0.25, 0.3) is 0 Å². The third-order valence-corrected chi connectivity index (χ3v) is 4.03. The lowest BCUT2D eigenvalue weighted by molar-refractivity contribution is 0.320. The van der Waals surface area contributed by atoms with Crippen molar-refractivity contribution in [3.63, 3.8) is 0 Å². The molecule has 2 aromatic rings. The monoisotopic (exact) mass is 308 g/mol. The highest BCUT2D eigenvalue weighted by atomic mass is 35.5. The van der Waals surface area contributed by atoms with Crippen molar-refractivity contribution in [3.05, 3.63) is 24.0 Å². The highest BCUT2D eigenvalue weighted by Gasteiger charge is 2.18. The molecule has 1 aromatic heterocycles. The molecule has 3 nitrogen and oxygen atoms in total. The first-order chi connectivity index (χ1) is 10.3. The van der Waals surface area contributed by atoms with Crippen molar-refractivity contribution >= 4 is 22.6 Å². The lowest BCUT2D eigenvalue weighted by Gasteiger charge is -2.18. The van der Waals surface area contributed by atoms with Crippen LogP contribution < -0.4 is 4.74 Å². The number of rotatable bonds is 8. The van der Waals surface area contributed by atoms with E-state index in [1.165, 1.54) is 0 Å². The van der Waals surface area contributed by atoms with Crippen LogP contribution in [0.5, 0.6) is 5.75 Å². The molecule has 0 aliphatic carbocycles. The van der Waals surface area contributed by atoms with Crippen molar-refractivity contribution in [2.24, 2.45) is 0 Å². The van der Waals surface area contributed by atoms with Gasteiger partial charge >= 0.3 is 0 Å². The Balaban J connectivity index is 2.56. The summed E-state index contributed by atoms with van der Waals surface area (Å²) in [7, 11) is 0. The molecule has 0 unspecified atom stereocenters. The minimum atomic E-state index is 0.467. The van der Waals surface area contributed by atoms with Gasteiger partial charge in [0.1, 0.15) is 17.1 Å². The Morgan fingerprint density at radius 2 is 2.00 bits per heavy atom. The highest BCUT2D eigenvalue weighted by Crippen LogP contribution is 2.31. The molecule has 0 saturated heterocycles. The Hall–Kier alpha value is -1.22. The number of aryl methyl sites for hydroxylation is 1. The van der Waals surface area contributed by atoms with Crippen LogP contribution in [0.2, 0.25) is 0 Å². The second-order valence-electron chi connectivity index (χ2n) is 5.28. The largest absolute Gasteiger partial charge is 0.491 e. The maximum absolute atomic E-state index is 5.97. The molecule has 116 valence electrons. The van der Waals surface area contributed by atoms with Crippen LogP contribution in [0.15, 0.2) is 18.2 Å². The summed E-state index contributed by atoms with van der Waals surface area (Å²) in [5.74, 6) is 2.55. The predicted molar refractivity (Wildman–Crippen MR) is 89.6 cm³/mol. The molecule has 2 rings (SSSR count). The van der Waals surface area contributed by atoms with E-state index in [2.05, 4.69) is 37.5 Å². The van der Waals surface area contributed by atoms with Crippen molar-refractivity contribution < 1.29 is 4.74 Å². The van der Waals surface area contributed by atoms with E-state index in [0.717, 1.165) is 54.9 Å². The average molecular weight is 309 g/mol. The van der Waals surface area contributed by atoms with Crippen LogP contribution in [-0.4, -0.2) is 22.0 Å². The smallest absolute Gasteiger partial charge is 0.147 e. The maximum Gasteiger partial charge on any atom is 0.147 e. The fourth-order valence-corrected chi connectivity index (χ4v) is 2.96. The Morgan fingerprint density at radius 1 is 1.24 bits per heavy atom.